The van der Waals surface area contributed by atoms with Gasteiger partial charge >= 0.3 is 5.97 Å². The summed E-state index contributed by atoms with van der Waals surface area (Å²) in [4.78, 5) is 24.4. The Hall–Kier alpha value is -2.91. The van der Waals surface area contributed by atoms with Crippen LogP contribution in [0.1, 0.15) is 20.8 Å². The van der Waals surface area contributed by atoms with Crippen molar-refractivity contribution in [1.29, 1.82) is 5.26 Å². The number of hydrogen-bond acceptors (Lipinski definition) is 5. The van der Waals surface area contributed by atoms with Gasteiger partial charge in [0.15, 0.2) is 0 Å². The molecule has 0 saturated carbocycles. The Morgan fingerprint density at radius 2 is 2.04 bits per heavy atom. The van der Waals surface area contributed by atoms with Crippen LogP contribution in [-0.2, 0) is 16.1 Å². The second-order valence-corrected chi connectivity index (χ2v) is 5.58. The number of carbonyl (C=O) groups is 2. The van der Waals surface area contributed by atoms with E-state index in [0.717, 1.165) is 4.88 Å². The molecule has 2 aromatic rings. The first-order chi connectivity index (χ1) is 11.1. The van der Waals surface area contributed by atoms with Crippen LogP contribution < -0.4 is 5.32 Å². The number of carbonyl (C=O) groups excluding carboxylic acids is 2. The first-order valence-electron chi connectivity index (χ1n) is 6.75. The third-order valence-electron chi connectivity index (χ3n) is 3.01. The van der Waals surface area contributed by atoms with E-state index in [1.54, 1.807) is 24.3 Å². The smallest absolute Gasteiger partial charge is 0.337 e. The van der Waals surface area contributed by atoms with E-state index in [4.69, 9.17) is 5.26 Å². The molecule has 1 aromatic heterocycles. The van der Waals surface area contributed by atoms with Gasteiger partial charge in [-0.05, 0) is 35.2 Å². The molecular weight excluding hydrogens is 312 g/mol. The summed E-state index contributed by atoms with van der Waals surface area (Å²) in [5.41, 5.74) is 1.07. The van der Waals surface area contributed by atoms with Crippen molar-refractivity contribution in [3.05, 3.63) is 63.4 Å². The second kappa shape index (κ2) is 7.92. The van der Waals surface area contributed by atoms with E-state index in [-0.39, 0.29) is 5.57 Å². The standard InChI is InChI=1S/C17H14N2O3S/c1-22-17(21)13-6-4-12(5-7-13)9-14(10-18)16(20)19-11-15-3-2-8-23-15/h2-9H,11H2,1H3,(H,19,20)/b14-9+. The Bertz CT molecular complexity index is 756. The predicted octanol–water partition coefficient (Wildman–Crippen LogP) is 2.76. The molecule has 6 heteroatoms. The lowest BCUT2D eigenvalue weighted by Gasteiger charge is -2.03. The molecule has 2 rings (SSSR count). The van der Waals surface area contributed by atoms with Gasteiger partial charge in [0, 0.05) is 4.88 Å². The minimum absolute atomic E-state index is 0.00683. The largest absolute Gasteiger partial charge is 0.465 e. The van der Waals surface area contributed by atoms with E-state index in [0.29, 0.717) is 17.7 Å². The minimum atomic E-state index is -0.435. The van der Waals surface area contributed by atoms with Crippen LogP contribution in [0.5, 0.6) is 0 Å². The average Bonchev–Trinajstić information content (AvgIpc) is 3.11. The van der Waals surface area contributed by atoms with Gasteiger partial charge in [-0.1, -0.05) is 18.2 Å². The first-order valence-corrected chi connectivity index (χ1v) is 7.62. The van der Waals surface area contributed by atoms with Crippen molar-refractivity contribution < 1.29 is 14.3 Å². The zero-order valence-corrected chi connectivity index (χ0v) is 13.2. The number of nitrogens with one attached hydrogen (secondary N) is 1. The Kier molecular flexibility index (Phi) is 5.67. The Balaban J connectivity index is 2.07. The number of esters is 1. The molecule has 1 aromatic carbocycles. The van der Waals surface area contributed by atoms with E-state index in [2.05, 4.69) is 10.1 Å². The lowest BCUT2D eigenvalue weighted by molar-refractivity contribution is -0.117. The van der Waals surface area contributed by atoms with E-state index in [1.807, 2.05) is 23.6 Å². The van der Waals surface area contributed by atoms with Gasteiger partial charge in [0.2, 0.25) is 0 Å². The van der Waals surface area contributed by atoms with E-state index >= 15 is 0 Å². The molecule has 0 aliphatic rings. The first kappa shape index (κ1) is 16.5. The molecule has 0 radical (unpaired) electrons. The molecule has 0 fully saturated rings. The van der Waals surface area contributed by atoms with Crippen molar-refractivity contribution >= 4 is 29.3 Å². The molecule has 0 aliphatic heterocycles. The van der Waals surface area contributed by atoms with Gasteiger partial charge in [0.1, 0.15) is 11.6 Å². The molecule has 23 heavy (non-hydrogen) atoms. The van der Waals surface area contributed by atoms with Crippen LogP contribution in [0.3, 0.4) is 0 Å². The van der Waals surface area contributed by atoms with Crippen molar-refractivity contribution in [3.8, 4) is 6.07 Å². The van der Waals surface area contributed by atoms with Crippen LogP contribution in [0.25, 0.3) is 6.08 Å². The monoisotopic (exact) mass is 326 g/mol. The summed E-state index contributed by atoms with van der Waals surface area (Å²) in [5.74, 6) is -0.868. The van der Waals surface area contributed by atoms with Gasteiger partial charge in [-0.25, -0.2) is 4.79 Å². The van der Waals surface area contributed by atoms with Gasteiger partial charge in [-0.2, -0.15) is 5.26 Å². The fraction of sp³-hybridized carbons (Fsp3) is 0.118. The zero-order chi connectivity index (χ0) is 16.7. The number of ether oxygens (including phenoxy) is 1. The number of thiophene rings is 1. The minimum Gasteiger partial charge on any atom is -0.465 e. The third-order valence-corrected chi connectivity index (χ3v) is 3.89. The van der Waals surface area contributed by atoms with Gasteiger partial charge in [0.25, 0.3) is 5.91 Å². The molecule has 5 nitrogen and oxygen atoms in total. The number of methoxy groups -OCH3 is 1. The summed E-state index contributed by atoms with van der Waals surface area (Å²) in [6.07, 6.45) is 1.48. The van der Waals surface area contributed by atoms with Crippen molar-refractivity contribution in [2.75, 3.05) is 7.11 Å². The molecule has 116 valence electrons. The Morgan fingerprint density at radius 1 is 1.30 bits per heavy atom. The highest BCUT2D eigenvalue weighted by molar-refractivity contribution is 7.09. The zero-order valence-electron chi connectivity index (χ0n) is 12.4. The van der Waals surface area contributed by atoms with E-state index in [9.17, 15) is 9.59 Å². The highest BCUT2D eigenvalue weighted by atomic mass is 32.1. The Morgan fingerprint density at radius 3 is 2.61 bits per heavy atom. The average molecular weight is 326 g/mol. The summed E-state index contributed by atoms with van der Waals surface area (Å²) < 4.78 is 4.61. The van der Waals surface area contributed by atoms with Crippen LogP contribution in [0.2, 0.25) is 0 Å². The van der Waals surface area contributed by atoms with E-state index in [1.165, 1.54) is 24.5 Å². The molecule has 0 atom stereocenters. The number of amides is 1. The molecule has 1 N–H and O–H groups in total. The summed E-state index contributed by atoms with van der Waals surface area (Å²) in [6, 6.07) is 12.2. The van der Waals surface area contributed by atoms with Crippen LogP contribution >= 0.6 is 11.3 Å². The lowest BCUT2D eigenvalue weighted by Crippen LogP contribution is -2.23. The van der Waals surface area contributed by atoms with Crippen LogP contribution in [0.15, 0.2) is 47.4 Å². The third kappa shape index (κ3) is 4.53. The van der Waals surface area contributed by atoms with Crippen LogP contribution in [-0.4, -0.2) is 19.0 Å². The van der Waals surface area contributed by atoms with Gasteiger partial charge < -0.3 is 10.1 Å². The molecule has 0 saturated heterocycles. The van der Waals surface area contributed by atoms with Gasteiger partial charge in [-0.3, -0.25) is 4.79 Å². The SMILES string of the molecule is COC(=O)c1ccc(/C=C(\C#N)C(=O)NCc2cccs2)cc1. The molecule has 0 bridgehead atoms. The number of hydrogen-bond donors (Lipinski definition) is 1. The molecule has 1 heterocycles. The lowest BCUT2D eigenvalue weighted by atomic mass is 10.1. The number of rotatable bonds is 5. The number of nitriles is 1. The fourth-order valence-electron chi connectivity index (χ4n) is 1.82. The predicted molar refractivity (Wildman–Crippen MR) is 87.5 cm³/mol. The number of nitrogens with zero attached hydrogens (tertiary/aromatic N) is 1. The van der Waals surface area contributed by atoms with Crippen molar-refractivity contribution in [2.45, 2.75) is 6.54 Å². The normalized spacial score (nSPS) is 10.7. The molecule has 0 unspecified atom stereocenters. The van der Waals surface area contributed by atoms with E-state index < -0.39 is 11.9 Å². The fourth-order valence-corrected chi connectivity index (χ4v) is 2.47. The second-order valence-electron chi connectivity index (χ2n) is 4.55. The maximum Gasteiger partial charge on any atom is 0.337 e. The number of benzene rings is 1. The maximum atomic E-state index is 12.0. The summed E-state index contributed by atoms with van der Waals surface area (Å²) in [7, 11) is 1.31. The van der Waals surface area contributed by atoms with Gasteiger partial charge in [-0.15, -0.1) is 11.3 Å². The molecule has 1 amide bonds. The topological polar surface area (TPSA) is 79.2 Å². The van der Waals surface area contributed by atoms with Crippen molar-refractivity contribution in [2.24, 2.45) is 0 Å². The van der Waals surface area contributed by atoms with Crippen molar-refractivity contribution in [1.82, 2.24) is 5.32 Å². The summed E-state index contributed by atoms with van der Waals surface area (Å²) in [6.45, 7) is 0.386. The highest BCUT2D eigenvalue weighted by Crippen LogP contribution is 2.11. The summed E-state index contributed by atoms with van der Waals surface area (Å²) >= 11 is 1.53. The van der Waals surface area contributed by atoms with Gasteiger partial charge in [0.05, 0.1) is 19.2 Å². The maximum absolute atomic E-state index is 12.0. The Labute approximate surface area is 137 Å². The molecular formula is C17H14N2O3S. The quantitative estimate of drug-likeness (QED) is 0.520. The molecule has 0 spiro atoms. The molecule has 0 aliphatic carbocycles. The van der Waals surface area contributed by atoms with Crippen LogP contribution in [0.4, 0.5) is 0 Å². The summed E-state index contributed by atoms with van der Waals surface area (Å²) in [5, 5.41) is 13.8. The van der Waals surface area contributed by atoms with Crippen LogP contribution in [0, 0.1) is 11.3 Å². The highest BCUT2D eigenvalue weighted by Gasteiger charge is 2.09. The van der Waals surface area contributed by atoms with Crippen molar-refractivity contribution in [3.63, 3.8) is 0 Å².